The first-order valence-electron chi connectivity index (χ1n) is 12.8. The Morgan fingerprint density at radius 1 is 1.34 bits per heavy atom. The minimum absolute atomic E-state index is 0.130. The number of aliphatic hydroxyl groups is 1. The smallest absolute Gasteiger partial charge is 0.459 e. The fourth-order valence-corrected chi connectivity index (χ4v) is 6.86. The molecule has 2 fully saturated rings. The van der Waals surface area contributed by atoms with Crippen molar-refractivity contribution in [2.45, 2.75) is 69.4 Å². The van der Waals surface area contributed by atoms with Crippen LogP contribution in [-0.2, 0) is 23.4 Å². The first-order chi connectivity index (χ1) is 19.2. The molecule has 2 aliphatic heterocycles. The summed E-state index contributed by atoms with van der Waals surface area (Å²) in [6.07, 6.45) is -4.81. The van der Waals surface area contributed by atoms with E-state index >= 15 is 4.39 Å². The van der Waals surface area contributed by atoms with Crippen LogP contribution in [-0.4, -0.2) is 73.8 Å². The van der Waals surface area contributed by atoms with Gasteiger partial charge in [0, 0.05) is 6.54 Å². The van der Waals surface area contributed by atoms with Gasteiger partial charge >= 0.3 is 19.4 Å². The minimum atomic E-state index is -4.43. The molecular weight excluding hydrogens is 589 g/mol. The summed E-state index contributed by atoms with van der Waals surface area (Å²) in [6, 6.07) is 7.03. The Labute approximate surface area is 239 Å². The predicted octanol–water partition coefficient (Wildman–Crippen LogP) is 3.18. The quantitative estimate of drug-likeness (QED) is 0.241. The highest BCUT2D eigenvalue weighted by atomic mass is 35.5. The third-order valence-electron chi connectivity index (χ3n) is 6.56. The number of rotatable bonds is 9. The zero-order chi connectivity index (χ0) is 30.2. The highest BCUT2D eigenvalue weighted by Gasteiger charge is 2.58. The summed E-state index contributed by atoms with van der Waals surface area (Å²) in [6.45, 7) is 4.42. The molecule has 1 aromatic carbocycles. The molecule has 2 aromatic rings. The third-order valence-corrected chi connectivity index (χ3v) is 9.01. The van der Waals surface area contributed by atoms with E-state index in [1.54, 1.807) is 39.0 Å². The standard InChI is InChI=1S/C25H32ClF2N4O8P/c1-24(2,3)39-22(34)17-10-7-11-32(17)41(36,40-15-8-5-4-6-9-15)37-14-25(13-26)19(33)18(28)21(38-25)31-12-16(27)20(29)30-23(31)35/h4-6,8-9,12,17-19,21,33H,7,10-11,13-14H2,1-3H3,(H2,29,30,35)/t17-,18-,19-,21+,25+,41?/m0/s1. The third kappa shape index (κ3) is 6.58. The van der Waals surface area contributed by atoms with E-state index in [0.717, 1.165) is 0 Å². The van der Waals surface area contributed by atoms with Crippen molar-refractivity contribution in [2.75, 3.05) is 24.8 Å². The number of benzene rings is 1. The summed E-state index contributed by atoms with van der Waals surface area (Å²) >= 11 is 6.13. The van der Waals surface area contributed by atoms with E-state index in [4.69, 9.17) is 35.9 Å². The molecule has 1 unspecified atom stereocenters. The molecule has 0 radical (unpaired) electrons. The maximum Gasteiger partial charge on any atom is 0.462 e. The molecule has 4 rings (SSSR count). The number of halogens is 3. The van der Waals surface area contributed by atoms with E-state index < -0.39 is 79.3 Å². The number of nitrogen functional groups attached to an aromatic ring is 1. The molecule has 6 atom stereocenters. The summed E-state index contributed by atoms with van der Waals surface area (Å²) in [4.78, 5) is 28.6. The number of carbonyl (C=O) groups is 1. The molecule has 3 N–H and O–H groups in total. The molecule has 0 saturated carbocycles. The summed E-state index contributed by atoms with van der Waals surface area (Å²) in [5.41, 5.74) is 1.29. The number of carbonyl (C=O) groups excluding carboxylic acids is 1. The Hall–Kier alpha value is -2.61. The number of aromatic nitrogens is 2. The highest BCUT2D eigenvalue weighted by molar-refractivity contribution is 7.51. The topological polar surface area (TPSA) is 155 Å². The average molecular weight is 621 g/mol. The maximum absolute atomic E-state index is 15.4. The maximum atomic E-state index is 15.4. The summed E-state index contributed by atoms with van der Waals surface area (Å²) in [5, 5.41) is 10.8. The lowest BCUT2D eigenvalue weighted by Gasteiger charge is -2.35. The van der Waals surface area contributed by atoms with Crippen molar-refractivity contribution >= 4 is 31.1 Å². The number of nitrogens with two attached hydrogens (primary N) is 1. The Morgan fingerprint density at radius 2 is 2.02 bits per heavy atom. The second-order valence-electron chi connectivity index (χ2n) is 10.8. The number of nitrogens with zero attached hydrogens (tertiary/aromatic N) is 3. The summed E-state index contributed by atoms with van der Waals surface area (Å²) in [5.74, 6) is -2.89. The minimum Gasteiger partial charge on any atom is -0.459 e. The lowest BCUT2D eigenvalue weighted by Crippen LogP contribution is -2.48. The van der Waals surface area contributed by atoms with Gasteiger partial charge in [-0.15, -0.1) is 11.6 Å². The van der Waals surface area contributed by atoms with Crippen molar-refractivity contribution in [3.8, 4) is 5.75 Å². The molecule has 2 saturated heterocycles. The van der Waals surface area contributed by atoms with Crippen LogP contribution < -0.4 is 15.9 Å². The number of alkyl halides is 2. The SMILES string of the molecule is CC(C)(C)OC(=O)[C@@H]1CCCN1P(=O)(OC[C@@]1(CCl)O[C@@H](n2cc(F)c(N)nc2=O)[C@@H](F)[C@@H]1O)Oc1ccccc1. The second kappa shape index (κ2) is 11.9. The molecular formula is C25H32ClF2N4O8P. The largest absolute Gasteiger partial charge is 0.462 e. The van der Waals surface area contributed by atoms with Crippen LogP contribution in [0, 0.1) is 5.82 Å². The second-order valence-corrected chi connectivity index (χ2v) is 12.9. The Morgan fingerprint density at radius 3 is 2.66 bits per heavy atom. The van der Waals surface area contributed by atoms with E-state index in [0.29, 0.717) is 23.6 Å². The van der Waals surface area contributed by atoms with Gasteiger partial charge in [-0.25, -0.2) is 18.1 Å². The van der Waals surface area contributed by atoms with Gasteiger partial charge in [-0.1, -0.05) is 18.2 Å². The Kier molecular flexibility index (Phi) is 9.13. The zero-order valence-corrected chi connectivity index (χ0v) is 24.3. The van der Waals surface area contributed by atoms with Crippen molar-refractivity contribution in [1.82, 2.24) is 14.2 Å². The molecule has 2 aliphatic rings. The van der Waals surface area contributed by atoms with Gasteiger partial charge in [0.2, 0.25) is 0 Å². The van der Waals surface area contributed by atoms with E-state index in [1.165, 1.54) is 16.8 Å². The number of hydrogen-bond acceptors (Lipinski definition) is 10. The van der Waals surface area contributed by atoms with Crippen LogP contribution >= 0.6 is 19.3 Å². The Bertz CT molecular complexity index is 1360. The van der Waals surface area contributed by atoms with Gasteiger partial charge in [0.15, 0.2) is 24.0 Å². The molecule has 16 heteroatoms. The van der Waals surface area contributed by atoms with Gasteiger partial charge in [-0.2, -0.15) is 9.65 Å². The lowest BCUT2D eigenvalue weighted by molar-refractivity contribution is -0.159. The average Bonchev–Trinajstić information content (AvgIpc) is 3.50. The van der Waals surface area contributed by atoms with Crippen molar-refractivity contribution < 1.29 is 41.8 Å². The molecule has 0 amide bonds. The summed E-state index contributed by atoms with van der Waals surface area (Å²) in [7, 11) is -4.43. The molecule has 0 spiro atoms. The molecule has 3 heterocycles. The lowest BCUT2D eigenvalue weighted by atomic mass is 9.99. The van der Waals surface area contributed by atoms with Crippen molar-refractivity contribution in [1.29, 1.82) is 0 Å². The van der Waals surface area contributed by atoms with Crippen LogP contribution in [0.5, 0.6) is 5.75 Å². The van der Waals surface area contributed by atoms with Crippen molar-refractivity contribution in [3.63, 3.8) is 0 Å². The van der Waals surface area contributed by atoms with Crippen LogP contribution in [0.2, 0.25) is 0 Å². The van der Waals surface area contributed by atoms with Crippen LogP contribution in [0.3, 0.4) is 0 Å². The van der Waals surface area contributed by atoms with Crippen LogP contribution in [0.1, 0.15) is 39.8 Å². The number of ether oxygens (including phenoxy) is 2. The van der Waals surface area contributed by atoms with Gasteiger partial charge in [0.25, 0.3) is 0 Å². The fourth-order valence-electron chi connectivity index (χ4n) is 4.55. The molecule has 12 nitrogen and oxygen atoms in total. The summed E-state index contributed by atoms with van der Waals surface area (Å²) < 4.78 is 68.4. The number of anilines is 1. The van der Waals surface area contributed by atoms with Gasteiger partial charge in [-0.3, -0.25) is 13.9 Å². The van der Waals surface area contributed by atoms with Crippen LogP contribution in [0.4, 0.5) is 14.6 Å². The van der Waals surface area contributed by atoms with Crippen LogP contribution in [0.25, 0.3) is 0 Å². The van der Waals surface area contributed by atoms with Gasteiger partial charge in [0.05, 0.1) is 18.7 Å². The van der Waals surface area contributed by atoms with Crippen LogP contribution in [0.15, 0.2) is 41.3 Å². The molecule has 226 valence electrons. The van der Waals surface area contributed by atoms with Gasteiger partial charge in [0.1, 0.15) is 29.1 Å². The fraction of sp³-hybridized carbons (Fsp3) is 0.560. The highest BCUT2D eigenvalue weighted by Crippen LogP contribution is 2.57. The molecule has 0 bridgehead atoms. The van der Waals surface area contributed by atoms with Crippen molar-refractivity contribution in [3.05, 3.63) is 52.8 Å². The van der Waals surface area contributed by atoms with E-state index in [9.17, 15) is 23.7 Å². The van der Waals surface area contributed by atoms with Crippen molar-refractivity contribution in [2.24, 2.45) is 0 Å². The normalized spacial score (nSPS) is 28.4. The van der Waals surface area contributed by atoms with E-state index in [-0.39, 0.29) is 12.3 Å². The zero-order valence-electron chi connectivity index (χ0n) is 22.6. The number of esters is 1. The van der Waals surface area contributed by atoms with E-state index in [1.807, 2.05) is 0 Å². The predicted molar refractivity (Wildman–Crippen MR) is 144 cm³/mol. The molecule has 1 aromatic heterocycles. The molecule has 41 heavy (non-hydrogen) atoms. The van der Waals surface area contributed by atoms with Gasteiger partial charge < -0.3 is 24.8 Å². The monoisotopic (exact) mass is 620 g/mol. The van der Waals surface area contributed by atoms with Gasteiger partial charge in [-0.05, 0) is 45.7 Å². The molecule has 0 aliphatic carbocycles. The number of hydrogen-bond donors (Lipinski definition) is 2. The first kappa shape index (κ1) is 31.3. The number of aliphatic hydroxyl groups excluding tert-OH is 1. The number of para-hydroxylation sites is 1. The first-order valence-corrected chi connectivity index (χ1v) is 14.8. The van der Waals surface area contributed by atoms with E-state index in [2.05, 4.69) is 4.98 Å². The Balaban J connectivity index is 1.64.